The Kier molecular flexibility index (Phi) is 6.67. The van der Waals surface area contributed by atoms with Gasteiger partial charge in [-0.2, -0.15) is 0 Å². The number of sulfone groups is 1. The Labute approximate surface area is 165 Å². The maximum Gasteiger partial charge on any atom is 0.227 e. The summed E-state index contributed by atoms with van der Waals surface area (Å²) in [5.74, 6) is 0.114. The quantitative estimate of drug-likeness (QED) is 0.630. The molecule has 0 amide bonds. The van der Waals surface area contributed by atoms with Gasteiger partial charge in [-0.25, -0.2) is 18.4 Å². The molecule has 0 aromatic carbocycles. The average Bonchev–Trinajstić information content (AvgIpc) is 3.31. The van der Waals surface area contributed by atoms with Crippen LogP contribution in [0.4, 0.5) is 0 Å². The molecule has 0 spiro atoms. The molecule has 0 bridgehead atoms. The van der Waals surface area contributed by atoms with Crippen molar-refractivity contribution in [3.8, 4) is 0 Å². The van der Waals surface area contributed by atoms with Crippen LogP contribution in [0.5, 0.6) is 0 Å². The largest absolute Gasteiger partial charge is 0.376 e. The lowest BCUT2D eigenvalue weighted by atomic mass is 10.2. The summed E-state index contributed by atoms with van der Waals surface area (Å²) >= 11 is 1.64. The number of nitrogens with zero attached hydrogens (tertiary/aromatic N) is 4. The van der Waals surface area contributed by atoms with E-state index in [2.05, 4.69) is 20.2 Å². The van der Waals surface area contributed by atoms with E-state index in [0.717, 1.165) is 35.8 Å². The van der Waals surface area contributed by atoms with Crippen LogP contribution in [-0.4, -0.2) is 53.4 Å². The smallest absolute Gasteiger partial charge is 0.227 e. The van der Waals surface area contributed by atoms with E-state index in [1.807, 2.05) is 25.5 Å². The molecule has 1 unspecified atom stereocenters. The van der Waals surface area contributed by atoms with Gasteiger partial charge in [0.1, 0.15) is 0 Å². The SMILES string of the molecule is CCCS(=O)(=O)c1ncc(CN(C)Cc2csc(C)n2)n1CC1CCCO1. The van der Waals surface area contributed by atoms with Crippen LogP contribution in [0.2, 0.25) is 0 Å². The fourth-order valence-corrected chi connectivity index (χ4v) is 5.47. The van der Waals surface area contributed by atoms with Gasteiger partial charge in [-0.1, -0.05) is 6.92 Å². The molecule has 3 rings (SSSR count). The molecule has 7 nitrogen and oxygen atoms in total. The van der Waals surface area contributed by atoms with Gasteiger partial charge in [0.2, 0.25) is 15.0 Å². The molecule has 0 aliphatic carbocycles. The molecule has 27 heavy (non-hydrogen) atoms. The van der Waals surface area contributed by atoms with Crippen LogP contribution in [-0.2, 0) is 34.2 Å². The summed E-state index contributed by atoms with van der Waals surface area (Å²) in [5, 5.41) is 3.29. The molecule has 0 saturated carbocycles. The van der Waals surface area contributed by atoms with E-state index in [1.165, 1.54) is 0 Å². The molecule has 3 heterocycles. The summed E-state index contributed by atoms with van der Waals surface area (Å²) in [5.41, 5.74) is 1.93. The molecule has 0 N–H and O–H groups in total. The Hall–Kier alpha value is -1.29. The van der Waals surface area contributed by atoms with E-state index in [-0.39, 0.29) is 17.0 Å². The second-order valence-electron chi connectivity index (χ2n) is 7.13. The number of aromatic nitrogens is 3. The van der Waals surface area contributed by atoms with Gasteiger partial charge in [0, 0.05) is 25.1 Å². The first-order valence-electron chi connectivity index (χ1n) is 9.37. The molecule has 2 aromatic heterocycles. The zero-order chi connectivity index (χ0) is 19.4. The van der Waals surface area contributed by atoms with Gasteiger partial charge in [-0.15, -0.1) is 11.3 Å². The minimum Gasteiger partial charge on any atom is -0.376 e. The Balaban J connectivity index is 1.81. The highest BCUT2D eigenvalue weighted by atomic mass is 32.2. The molecule has 1 atom stereocenters. The van der Waals surface area contributed by atoms with Crippen LogP contribution >= 0.6 is 11.3 Å². The second kappa shape index (κ2) is 8.81. The third kappa shape index (κ3) is 5.16. The van der Waals surface area contributed by atoms with Crippen molar-refractivity contribution in [2.24, 2.45) is 0 Å². The van der Waals surface area contributed by atoms with Crippen molar-refractivity contribution < 1.29 is 13.2 Å². The molecular formula is C18H28N4O3S2. The van der Waals surface area contributed by atoms with Gasteiger partial charge in [0.25, 0.3) is 0 Å². The first-order chi connectivity index (χ1) is 12.9. The fraction of sp³-hybridized carbons (Fsp3) is 0.667. The summed E-state index contributed by atoms with van der Waals surface area (Å²) in [6.45, 7) is 6.47. The van der Waals surface area contributed by atoms with Crippen molar-refractivity contribution in [1.29, 1.82) is 0 Å². The van der Waals surface area contributed by atoms with Crippen molar-refractivity contribution in [1.82, 2.24) is 19.4 Å². The fourth-order valence-electron chi connectivity index (χ4n) is 3.40. The summed E-state index contributed by atoms with van der Waals surface area (Å²) in [6, 6.07) is 0. The summed E-state index contributed by atoms with van der Waals surface area (Å²) in [4.78, 5) is 10.9. The zero-order valence-corrected chi connectivity index (χ0v) is 17.9. The number of ether oxygens (including phenoxy) is 1. The van der Waals surface area contributed by atoms with Crippen molar-refractivity contribution in [3.63, 3.8) is 0 Å². The van der Waals surface area contributed by atoms with E-state index < -0.39 is 9.84 Å². The molecule has 1 aliphatic heterocycles. The lowest BCUT2D eigenvalue weighted by molar-refractivity contribution is 0.0934. The predicted octanol–water partition coefficient (Wildman–Crippen LogP) is 2.64. The molecule has 1 aliphatic rings. The first-order valence-corrected chi connectivity index (χ1v) is 11.9. The van der Waals surface area contributed by atoms with Crippen LogP contribution in [0.25, 0.3) is 0 Å². The number of imidazole rings is 1. The highest BCUT2D eigenvalue weighted by Gasteiger charge is 2.26. The van der Waals surface area contributed by atoms with Crippen LogP contribution < -0.4 is 0 Å². The highest BCUT2D eigenvalue weighted by molar-refractivity contribution is 7.91. The normalized spacial score (nSPS) is 17.9. The van der Waals surface area contributed by atoms with Crippen LogP contribution in [0, 0.1) is 6.92 Å². The monoisotopic (exact) mass is 412 g/mol. The minimum absolute atomic E-state index is 0.0556. The third-order valence-corrected chi connectivity index (χ3v) is 7.24. The lowest BCUT2D eigenvalue weighted by Gasteiger charge is -2.19. The number of rotatable bonds is 9. The number of hydrogen-bond donors (Lipinski definition) is 0. The van der Waals surface area contributed by atoms with Gasteiger partial charge in [0.15, 0.2) is 0 Å². The van der Waals surface area contributed by atoms with E-state index in [4.69, 9.17) is 4.74 Å². The van der Waals surface area contributed by atoms with Crippen LogP contribution in [0.3, 0.4) is 0 Å². The topological polar surface area (TPSA) is 77.3 Å². The summed E-state index contributed by atoms with van der Waals surface area (Å²) < 4.78 is 32.9. The number of hydrogen-bond acceptors (Lipinski definition) is 7. The van der Waals surface area contributed by atoms with Gasteiger partial charge in [0.05, 0.1) is 41.0 Å². The third-order valence-electron chi connectivity index (χ3n) is 4.59. The maximum absolute atomic E-state index is 12.7. The zero-order valence-electron chi connectivity index (χ0n) is 16.2. The summed E-state index contributed by atoms with van der Waals surface area (Å²) in [7, 11) is -1.37. The van der Waals surface area contributed by atoms with E-state index in [0.29, 0.717) is 26.1 Å². The molecule has 2 aromatic rings. The Morgan fingerprint density at radius 3 is 2.85 bits per heavy atom. The van der Waals surface area contributed by atoms with Crippen molar-refractivity contribution in [2.75, 3.05) is 19.4 Å². The van der Waals surface area contributed by atoms with E-state index in [9.17, 15) is 8.42 Å². The second-order valence-corrected chi connectivity index (χ2v) is 10.2. The van der Waals surface area contributed by atoms with Gasteiger partial charge in [-0.3, -0.25) is 4.90 Å². The first kappa shape index (κ1) is 20.4. The number of thiazole rings is 1. The van der Waals surface area contributed by atoms with Crippen LogP contribution in [0.15, 0.2) is 16.7 Å². The number of aryl methyl sites for hydroxylation is 1. The predicted molar refractivity (Wildman–Crippen MR) is 106 cm³/mol. The standard InChI is InChI=1S/C18H28N4O3S2/c1-4-8-27(23,24)18-19-9-16(22(18)12-17-6-5-7-25-17)11-21(3)10-15-13-26-14(2)20-15/h9,13,17H,4-8,10-12H2,1-3H3. The van der Waals surface area contributed by atoms with E-state index in [1.54, 1.807) is 17.5 Å². The average molecular weight is 413 g/mol. The molecule has 150 valence electrons. The van der Waals surface area contributed by atoms with Gasteiger partial charge < -0.3 is 9.30 Å². The molecule has 9 heteroatoms. The summed E-state index contributed by atoms with van der Waals surface area (Å²) in [6.07, 6.45) is 4.31. The molecule has 1 fully saturated rings. The van der Waals surface area contributed by atoms with Crippen LogP contribution in [0.1, 0.15) is 42.6 Å². The minimum atomic E-state index is -3.39. The van der Waals surface area contributed by atoms with E-state index >= 15 is 0 Å². The van der Waals surface area contributed by atoms with Crippen molar-refractivity contribution in [3.05, 3.63) is 28.0 Å². The molecular weight excluding hydrogens is 384 g/mol. The maximum atomic E-state index is 12.7. The van der Waals surface area contributed by atoms with Crippen molar-refractivity contribution >= 4 is 21.2 Å². The van der Waals surface area contributed by atoms with Gasteiger partial charge in [-0.05, 0) is 33.2 Å². The Morgan fingerprint density at radius 2 is 2.22 bits per heavy atom. The van der Waals surface area contributed by atoms with Gasteiger partial charge >= 0.3 is 0 Å². The molecule has 1 saturated heterocycles. The lowest BCUT2D eigenvalue weighted by Crippen LogP contribution is -2.25. The highest BCUT2D eigenvalue weighted by Crippen LogP contribution is 2.21. The Bertz CT molecular complexity index is 854. The van der Waals surface area contributed by atoms with Crippen molar-refractivity contribution in [2.45, 2.75) is 64.0 Å². The molecule has 0 radical (unpaired) electrons. The Morgan fingerprint density at radius 1 is 1.41 bits per heavy atom.